The van der Waals surface area contributed by atoms with Crippen LogP contribution in [0.5, 0.6) is 11.5 Å². The van der Waals surface area contributed by atoms with E-state index in [1.165, 1.54) is 18.2 Å². The summed E-state index contributed by atoms with van der Waals surface area (Å²) in [5.74, 6) is -0.0671. The highest BCUT2D eigenvalue weighted by atomic mass is 16.5. The molecule has 0 atom stereocenters. The summed E-state index contributed by atoms with van der Waals surface area (Å²) in [5, 5.41) is 17.8. The van der Waals surface area contributed by atoms with Crippen molar-refractivity contribution < 1.29 is 14.6 Å². The first-order chi connectivity index (χ1) is 10.6. The molecular formula is C16H17N3O3. The summed E-state index contributed by atoms with van der Waals surface area (Å²) in [6, 6.07) is 11.4. The van der Waals surface area contributed by atoms with Crippen LogP contribution in [0, 0.1) is 0 Å². The molecule has 6 nitrogen and oxygen atoms in total. The number of aromatic hydroxyl groups is 1. The molecule has 114 valence electrons. The lowest BCUT2D eigenvalue weighted by molar-refractivity contribution is 0.100. The van der Waals surface area contributed by atoms with Crippen LogP contribution in [0.3, 0.4) is 0 Å². The summed E-state index contributed by atoms with van der Waals surface area (Å²) in [6.45, 7) is 2.59. The number of ether oxygens (including phenoxy) is 1. The molecule has 0 aliphatic rings. The number of rotatable bonds is 6. The molecule has 0 aliphatic heterocycles. The van der Waals surface area contributed by atoms with Crippen molar-refractivity contribution >= 4 is 17.3 Å². The average molecular weight is 299 g/mol. The summed E-state index contributed by atoms with van der Waals surface area (Å²) < 4.78 is 5.58. The van der Waals surface area contributed by atoms with Gasteiger partial charge < -0.3 is 15.6 Å². The third-order valence-electron chi connectivity index (χ3n) is 2.85. The zero-order valence-corrected chi connectivity index (χ0v) is 12.2. The maximum absolute atomic E-state index is 11.2. The van der Waals surface area contributed by atoms with Gasteiger partial charge in [-0.2, -0.15) is 0 Å². The molecule has 0 heterocycles. The molecule has 1 amide bonds. The lowest BCUT2D eigenvalue weighted by atomic mass is 10.2. The second kappa shape index (κ2) is 7.21. The summed E-state index contributed by atoms with van der Waals surface area (Å²) in [6.07, 6.45) is 0.882. The number of primary amides is 1. The van der Waals surface area contributed by atoms with Crippen LogP contribution in [0.15, 0.2) is 52.7 Å². The highest BCUT2D eigenvalue weighted by Crippen LogP contribution is 2.32. The van der Waals surface area contributed by atoms with Crippen LogP contribution in [-0.4, -0.2) is 17.6 Å². The molecule has 0 fully saturated rings. The quantitative estimate of drug-likeness (QED) is 0.796. The standard InChI is InChI=1S/C16H17N3O3/c1-2-9-22-15-6-4-3-5-12(15)18-19-13-10-11(16(17)21)7-8-14(13)20/h3-8,10,20H,2,9H2,1H3,(H2,17,21). The van der Waals surface area contributed by atoms with Crippen LogP contribution in [0.25, 0.3) is 0 Å². The van der Waals surface area contributed by atoms with Crippen LogP contribution in [0.4, 0.5) is 11.4 Å². The Hall–Kier alpha value is -2.89. The highest BCUT2D eigenvalue weighted by molar-refractivity contribution is 5.94. The van der Waals surface area contributed by atoms with Gasteiger partial charge in [-0.15, -0.1) is 10.2 Å². The first-order valence-corrected chi connectivity index (χ1v) is 6.88. The van der Waals surface area contributed by atoms with E-state index < -0.39 is 5.91 Å². The molecule has 0 aromatic heterocycles. The fourth-order valence-electron chi connectivity index (χ4n) is 1.74. The fourth-order valence-corrected chi connectivity index (χ4v) is 1.74. The van der Waals surface area contributed by atoms with E-state index in [-0.39, 0.29) is 17.0 Å². The van der Waals surface area contributed by atoms with Crippen molar-refractivity contribution in [1.82, 2.24) is 0 Å². The van der Waals surface area contributed by atoms with E-state index in [2.05, 4.69) is 10.2 Å². The van der Waals surface area contributed by atoms with E-state index in [0.29, 0.717) is 18.0 Å². The monoisotopic (exact) mass is 299 g/mol. The molecule has 0 aliphatic carbocycles. The Bertz CT molecular complexity index is 699. The van der Waals surface area contributed by atoms with Crippen molar-refractivity contribution in [3.63, 3.8) is 0 Å². The van der Waals surface area contributed by atoms with Crippen LogP contribution in [0.2, 0.25) is 0 Å². The van der Waals surface area contributed by atoms with Gasteiger partial charge in [0.25, 0.3) is 0 Å². The van der Waals surface area contributed by atoms with Crippen LogP contribution in [-0.2, 0) is 0 Å². The Kier molecular flexibility index (Phi) is 5.08. The van der Waals surface area contributed by atoms with E-state index in [1.54, 1.807) is 12.1 Å². The van der Waals surface area contributed by atoms with E-state index in [1.807, 2.05) is 19.1 Å². The zero-order valence-electron chi connectivity index (χ0n) is 12.2. The van der Waals surface area contributed by atoms with Crippen molar-refractivity contribution in [3.05, 3.63) is 48.0 Å². The van der Waals surface area contributed by atoms with Crippen molar-refractivity contribution in [2.45, 2.75) is 13.3 Å². The third kappa shape index (κ3) is 3.82. The van der Waals surface area contributed by atoms with E-state index in [4.69, 9.17) is 10.5 Å². The lowest BCUT2D eigenvalue weighted by Gasteiger charge is -2.06. The number of azo groups is 1. The van der Waals surface area contributed by atoms with Gasteiger partial charge in [-0.1, -0.05) is 19.1 Å². The molecule has 0 radical (unpaired) electrons. The van der Waals surface area contributed by atoms with Gasteiger partial charge in [0.05, 0.1) is 6.61 Å². The van der Waals surface area contributed by atoms with Gasteiger partial charge in [0.1, 0.15) is 22.9 Å². The SMILES string of the molecule is CCCOc1ccccc1N=Nc1cc(C(N)=O)ccc1O. The summed E-state index contributed by atoms with van der Waals surface area (Å²) in [4.78, 5) is 11.2. The number of carbonyl (C=O) groups is 1. The number of benzene rings is 2. The van der Waals surface area contributed by atoms with E-state index in [9.17, 15) is 9.90 Å². The number of hydrogen-bond acceptors (Lipinski definition) is 5. The van der Waals surface area contributed by atoms with Gasteiger partial charge in [-0.05, 0) is 36.8 Å². The Morgan fingerprint density at radius 3 is 2.64 bits per heavy atom. The van der Waals surface area contributed by atoms with Crippen molar-refractivity contribution in [3.8, 4) is 11.5 Å². The lowest BCUT2D eigenvalue weighted by Crippen LogP contribution is -2.10. The fraction of sp³-hybridized carbons (Fsp3) is 0.188. The number of nitrogens with two attached hydrogens (primary N) is 1. The second-order valence-corrected chi connectivity index (χ2v) is 4.58. The molecule has 2 aromatic carbocycles. The zero-order chi connectivity index (χ0) is 15.9. The number of phenols is 1. The predicted molar refractivity (Wildman–Crippen MR) is 83.0 cm³/mol. The van der Waals surface area contributed by atoms with Gasteiger partial charge in [0.15, 0.2) is 0 Å². The molecule has 0 saturated heterocycles. The van der Waals surface area contributed by atoms with E-state index >= 15 is 0 Å². The van der Waals surface area contributed by atoms with Crippen molar-refractivity contribution in [1.29, 1.82) is 0 Å². The smallest absolute Gasteiger partial charge is 0.248 e. The Morgan fingerprint density at radius 1 is 1.18 bits per heavy atom. The minimum atomic E-state index is -0.594. The maximum atomic E-state index is 11.2. The molecule has 0 spiro atoms. The first kappa shape index (κ1) is 15.5. The highest BCUT2D eigenvalue weighted by Gasteiger charge is 2.07. The molecule has 2 aromatic rings. The molecule has 22 heavy (non-hydrogen) atoms. The Labute approximate surface area is 128 Å². The van der Waals surface area contributed by atoms with Crippen LogP contribution in [0.1, 0.15) is 23.7 Å². The molecule has 3 N–H and O–H groups in total. The van der Waals surface area contributed by atoms with Crippen molar-refractivity contribution in [2.24, 2.45) is 16.0 Å². The van der Waals surface area contributed by atoms with Crippen LogP contribution >= 0.6 is 0 Å². The maximum Gasteiger partial charge on any atom is 0.248 e. The largest absolute Gasteiger partial charge is 0.506 e. The minimum Gasteiger partial charge on any atom is -0.506 e. The van der Waals surface area contributed by atoms with Crippen LogP contribution < -0.4 is 10.5 Å². The van der Waals surface area contributed by atoms with E-state index in [0.717, 1.165) is 6.42 Å². The summed E-state index contributed by atoms with van der Waals surface area (Å²) >= 11 is 0. The number of amides is 1. The van der Waals surface area contributed by atoms with Gasteiger partial charge >= 0.3 is 0 Å². The number of para-hydroxylation sites is 1. The van der Waals surface area contributed by atoms with Gasteiger partial charge in [0.2, 0.25) is 5.91 Å². The van der Waals surface area contributed by atoms with Gasteiger partial charge in [-0.3, -0.25) is 4.79 Å². The molecule has 0 bridgehead atoms. The number of nitrogens with zero attached hydrogens (tertiary/aromatic N) is 2. The summed E-state index contributed by atoms with van der Waals surface area (Å²) in [7, 11) is 0. The molecule has 0 saturated carbocycles. The normalized spacial score (nSPS) is 10.8. The Morgan fingerprint density at radius 2 is 1.91 bits per heavy atom. The molecular weight excluding hydrogens is 282 g/mol. The molecule has 0 unspecified atom stereocenters. The number of phenolic OH excluding ortho intramolecular Hbond substituents is 1. The Balaban J connectivity index is 2.29. The summed E-state index contributed by atoms with van der Waals surface area (Å²) in [5.41, 5.74) is 6.17. The topological polar surface area (TPSA) is 97.3 Å². The first-order valence-electron chi connectivity index (χ1n) is 6.88. The number of hydrogen-bond donors (Lipinski definition) is 2. The average Bonchev–Trinajstić information content (AvgIpc) is 2.52. The predicted octanol–water partition coefficient (Wildman–Crippen LogP) is 3.70. The van der Waals surface area contributed by atoms with Gasteiger partial charge in [-0.25, -0.2) is 0 Å². The third-order valence-corrected chi connectivity index (χ3v) is 2.85. The minimum absolute atomic E-state index is 0.0827. The number of carbonyl (C=O) groups excluding carboxylic acids is 1. The van der Waals surface area contributed by atoms with Gasteiger partial charge in [0, 0.05) is 5.56 Å². The molecule has 6 heteroatoms. The van der Waals surface area contributed by atoms with Crippen molar-refractivity contribution in [2.75, 3.05) is 6.61 Å². The molecule has 2 rings (SSSR count). The second-order valence-electron chi connectivity index (χ2n) is 4.58.